The van der Waals surface area contributed by atoms with Gasteiger partial charge in [0.15, 0.2) is 0 Å². The fourth-order valence-corrected chi connectivity index (χ4v) is 1.42. The average Bonchev–Trinajstić information content (AvgIpc) is 2.36. The van der Waals surface area contributed by atoms with Crippen molar-refractivity contribution in [2.45, 2.75) is 12.8 Å². The smallest absolute Gasteiger partial charge is 0.310 e. The second-order valence-electron chi connectivity index (χ2n) is 2.12. The minimum absolute atomic E-state index is 0.369. The van der Waals surface area contributed by atoms with E-state index in [1.807, 2.05) is 16.8 Å². The molecule has 0 spiro atoms. The molecular formula is C7H8O2S. The molecule has 0 saturated carbocycles. The highest BCUT2D eigenvalue weighted by Gasteiger charge is 2.12. The van der Waals surface area contributed by atoms with Crippen molar-refractivity contribution in [2.24, 2.45) is 0 Å². The Balaban J connectivity index is 2.77. The van der Waals surface area contributed by atoms with E-state index >= 15 is 0 Å². The molecule has 0 aliphatic carbocycles. The molecule has 0 aromatic carbocycles. The minimum atomic E-state index is -0.765. The SMILES string of the molecule is C[C@@H](C(=O)O)c1ccsc1. The van der Waals surface area contributed by atoms with Crippen molar-refractivity contribution in [3.63, 3.8) is 0 Å². The molecule has 0 unspecified atom stereocenters. The first-order valence-electron chi connectivity index (χ1n) is 2.96. The van der Waals surface area contributed by atoms with E-state index in [-0.39, 0.29) is 5.92 Å². The normalized spacial score (nSPS) is 12.9. The Labute approximate surface area is 63.1 Å². The van der Waals surface area contributed by atoms with Gasteiger partial charge in [-0.15, -0.1) is 0 Å². The van der Waals surface area contributed by atoms with Crippen LogP contribution in [0.2, 0.25) is 0 Å². The van der Waals surface area contributed by atoms with E-state index in [4.69, 9.17) is 5.11 Å². The molecule has 1 N–H and O–H groups in total. The summed E-state index contributed by atoms with van der Waals surface area (Å²) in [7, 11) is 0. The summed E-state index contributed by atoms with van der Waals surface area (Å²) >= 11 is 1.52. The van der Waals surface area contributed by atoms with Gasteiger partial charge in [-0.05, 0) is 29.3 Å². The van der Waals surface area contributed by atoms with Gasteiger partial charge < -0.3 is 5.11 Å². The van der Waals surface area contributed by atoms with Crippen LogP contribution in [-0.2, 0) is 4.79 Å². The van der Waals surface area contributed by atoms with Gasteiger partial charge in [-0.25, -0.2) is 0 Å². The van der Waals surface area contributed by atoms with Crippen molar-refractivity contribution in [1.82, 2.24) is 0 Å². The lowest BCUT2D eigenvalue weighted by Gasteiger charge is -2.00. The van der Waals surface area contributed by atoms with E-state index in [9.17, 15) is 4.79 Å². The van der Waals surface area contributed by atoms with Crippen LogP contribution in [0.25, 0.3) is 0 Å². The summed E-state index contributed by atoms with van der Waals surface area (Å²) in [6, 6.07) is 1.84. The zero-order chi connectivity index (χ0) is 7.56. The molecule has 1 atom stereocenters. The monoisotopic (exact) mass is 156 g/mol. The number of hydrogen-bond donors (Lipinski definition) is 1. The van der Waals surface area contributed by atoms with E-state index in [0.29, 0.717) is 0 Å². The first-order chi connectivity index (χ1) is 4.72. The molecule has 0 aliphatic heterocycles. The van der Waals surface area contributed by atoms with Crippen LogP contribution in [-0.4, -0.2) is 11.1 Å². The molecule has 1 heterocycles. The molecule has 0 radical (unpaired) electrons. The zero-order valence-corrected chi connectivity index (χ0v) is 6.39. The van der Waals surface area contributed by atoms with Crippen molar-refractivity contribution in [3.8, 4) is 0 Å². The zero-order valence-electron chi connectivity index (χ0n) is 5.57. The lowest BCUT2D eigenvalue weighted by atomic mass is 10.1. The Bertz CT molecular complexity index is 216. The summed E-state index contributed by atoms with van der Waals surface area (Å²) in [6.07, 6.45) is 0. The van der Waals surface area contributed by atoms with Crippen LogP contribution in [0.1, 0.15) is 18.4 Å². The van der Waals surface area contributed by atoms with Gasteiger partial charge in [0.1, 0.15) is 0 Å². The predicted octanol–water partition coefficient (Wildman–Crippen LogP) is 1.94. The largest absolute Gasteiger partial charge is 0.481 e. The summed E-state index contributed by atoms with van der Waals surface area (Å²) in [5, 5.41) is 12.3. The van der Waals surface area contributed by atoms with Gasteiger partial charge in [-0.3, -0.25) is 4.79 Å². The third-order valence-electron chi connectivity index (χ3n) is 1.41. The Kier molecular flexibility index (Phi) is 2.06. The van der Waals surface area contributed by atoms with Crippen molar-refractivity contribution in [1.29, 1.82) is 0 Å². The van der Waals surface area contributed by atoms with Gasteiger partial charge in [-0.2, -0.15) is 11.3 Å². The van der Waals surface area contributed by atoms with Gasteiger partial charge in [-0.1, -0.05) is 0 Å². The van der Waals surface area contributed by atoms with E-state index < -0.39 is 5.97 Å². The van der Waals surface area contributed by atoms with Crippen LogP contribution >= 0.6 is 11.3 Å². The Morgan fingerprint density at radius 1 is 1.80 bits per heavy atom. The number of hydrogen-bond acceptors (Lipinski definition) is 2. The third-order valence-corrected chi connectivity index (χ3v) is 2.12. The van der Waals surface area contributed by atoms with Crippen molar-refractivity contribution < 1.29 is 9.90 Å². The lowest BCUT2D eigenvalue weighted by Crippen LogP contribution is -2.05. The molecule has 0 aliphatic rings. The lowest BCUT2D eigenvalue weighted by molar-refractivity contribution is -0.138. The Morgan fingerprint density at radius 2 is 2.50 bits per heavy atom. The van der Waals surface area contributed by atoms with Gasteiger partial charge in [0, 0.05) is 0 Å². The summed E-state index contributed by atoms with van der Waals surface area (Å²) in [5.41, 5.74) is 0.887. The topological polar surface area (TPSA) is 37.3 Å². The fraction of sp³-hybridized carbons (Fsp3) is 0.286. The van der Waals surface area contributed by atoms with Gasteiger partial charge >= 0.3 is 5.97 Å². The Hall–Kier alpha value is -0.830. The van der Waals surface area contributed by atoms with E-state index in [1.165, 1.54) is 11.3 Å². The van der Waals surface area contributed by atoms with Crippen molar-refractivity contribution in [3.05, 3.63) is 22.4 Å². The maximum Gasteiger partial charge on any atom is 0.310 e. The molecule has 54 valence electrons. The average molecular weight is 156 g/mol. The second kappa shape index (κ2) is 2.84. The van der Waals surface area contributed by atoms with E-state index in [1.54, 1.807) is 6.92 Å². The van der Waals surface area contributed by atoms with Crippen LogP contribution in [0.5, 0.6) is 0 Å². The van der Waals surface area contributed by atoms with Gasteiger partial charge in [0.05, 0.1) is 5.92 Å². The maximum absolute atomic E-state index is 10.4. The van der Waals surface area contributed by atoms with Gasteiger partial charge in [0.25, 0.3) is 0 Å². The first-order valence-corrected chi connectivity index (χ1v) is 3.91. The maximum atomic E-state index is 10.4. The first kappa shape index (κ1) is 7.28. The van der Waals surface area contributed by atoms with Crippen LogP contribution < -0.4 is 0 Å². The highest BCUT2D eigenvalue weighted by molar-refractivity contribution is 7.08. The van der Waals surface area contributed by atoms with Crippen molar-refractivity contribution >= 4 is 17.3 Å². The number of aliphatic carboxylic acids is 1. The number of carboxylic acid groups (broad SMARTS) is 1. The van der Waals surface area contributed by atoms with E-state index in [0.717, 1.165) is 5.56 Å². The molecule has 3 heteroatoms. The fourth-order valence-electron chi connectivity index (χ4n) is 0.664. The summed E-state index contributed by atoms with van der Waals surface area (Å²) in [5.74, 6) is -1.13. The van der Waals surface area contributed by atoms with Gasteiger partial charge in [0.2, 0.25) is 0 Å². The van der Waals surface area contributed by atoms with Crippen LogP contribution in [0.3, 0.4) is 0 Å². The van der Waals surface area contributed by atoms with Crippen molar-refractivity contribution in [2.75, 3.05) is 0 Å². The molecule has 1 aromatic heterocycles. The molecule has 0 fully saturated rings. The highest BCUT2D eigenvalue weighted by atomic mass is 32.1. The van der Waals surface area contributed by atoms with E-state index in [2.05, 4.69) is 0 Å². The molecule has 0 bridgehead atoms. The number of carboxylic acids is 1. The number of rotatable bonds is 2. The van der Waals surface area contributed by atoms with Crippen LogP contribution in [0, 0.1) is 0 Å². The van der Waals surface area contributed by atoms with Crippen LogP contribution in [0.4, 0.5) is 0 Å². The quantitative estimate of drug-likeness (QED) is 0.710. The third kappa shape index (κ3) is 1.36. The molecule has 10 heavy (non-hydrogen) atoms. The highest BCUT2D eigenvalue weighted by Crippen LogP contribution is 2.17. The second-order valence-corrected chi connectivity index (χ2v) is 2.90. The number of thiophene rings is 1. The summed E-state index contributed by atoms with van der Waals surface area (Å²) in [6.45, 7) is 1.68. The molecule has 2 nitrogen and oxygen atoms in total. The molecule has 0 saturated heterocycles. The Morgan fingerprint density at radius 3 is 2.90 bits per heavy atom. The molecule has 1 rings (SSSR count). The van der Waals surface area contributed by atoms with Crippen LogP contribution in [0.15, 0.2) is 16.8 Å². The number of carbonyl (C=O) groups is 1. The predicted molar refractivity (Wildman–Crippen MR) is 40.4 cm³/mol. The molecular weight excluding hydrogens is 148 g/mol. The molecule has 0 amide bonds. The standard InChI is InChI=1S/C7H8O2S/c1-5(7(8)9)6-2-3-10-4-6/h2-5H,1H3,(H,8,9)/t5-/m1/s1. The molecule has 1 aromatic rings. The summed E-state index contributed by atoms with van der Waals surface area (Å²) in [4.78, 5) is 10.4. The summed E-state index contributed by atoms with van der Waals surface area (Å²) < 4.78 is 0. The minimum Gasteiger partial charge on any atom is -0.481 e.